The molecule has 0 aromatic rings. The Labute approximate surface area is 117 Å². The Morgan fingerprint density at radius 3 is 2.68 bits per heavy atom. The van der Waals surface area contributed by atoms with Crippen molar-refractivity contribution in [3.8, 4) is 0 Å². The molecule has 3 nitrogen and oxygen atoms in total. The molecule has 1 aliphatic heterocycles. The summed E-state index contributed by atoms with van der Waals surface area (Å²) in [6.07, 6.45) is 8.94. The minimum Gasteiger partial charge on any atom is -0.394 e. The molecule has 3 aliphatic rings. The van der Waals surface area contributed by atoms with Gasteiger partial charge in [-0.2, -0.15) is 0 Å². The molecule has 1 heterocycles. The van der Waals surface area contributed by atoms with Crippen LogP contribution in [-0.4, -0.2) is 46.8 Å². The summed E-state index contributed by atoms with van der Waals surface area (Å²) in [7, 11) is 0. The molecule has 0 amide bonds. The fraction of sp³-hybridized carbons (Fsp3) is 1.00. The van der Waals surface area contributed by atoms with E-state index in [2.05, 4.69) is 24.1 Å². The first-order chi connectivity index (χ1) is 9.13. The van der Waals surface area contributed by atoms with Crippen molar-refractivity contribution in [1.29, 1.82) is 0 Å². The van der Waals surface area contributed by atoms with Crippen molar-refractivity contribution >= 4 is 0 Å². The summed E-state index contributed by atoms with van der Waals surface area (Å²) in [5, 5.41) is 13.6. The minimum atomic E-state index is 0.0377. The number of nitrogens with zero attached hydrogens (tertiary/aromatic N) is 1. The van der Waals surface area contributed by atoms with Crippen LogP contribution in [0.15, 0.2) is 0 Å². The van der Waals surface area contributed by atoms with Crippen LogP contribution in [-0.2, 0) is 0 Å². The van der Waals surface area contributed by atoms with E-state index >= 15 is 0 Å². The molecule has 0 aromatic carbocycles. The second-order valence-corrected chi connectivity index (χ2v) is 7.45. The van der Waals surface area contributed by atoms with E-state index in [1.807, 2.05) is 0 Å². The van der Waals surface area contributed by atoms with Crippen molar-refractivity contribution in [2.45, 2.75) is 82.5 Å². The van der Waals surface area contributed by atoms with Gasteiger partial charge in [0.15, 0.2) is 0 Å². The standard InChI is InChI=1S/C16H30N2O/c1-12(2)15-4-3-9-18(15)14-7-8-16(10-14,11-19)17-13-5-6-13/h12-15,17,19H,3-11H2,1-2H3. The summed E-state index contributed by atoms with van der Waals surface area (Å²) >= 11 is 0. The maximum Gasteiger partial charge on any atom is 0.0614 e. The predicted molar refractivity (Wildman–Crippen MR) is 78.2 cm³/mol. The zero-order chi connectivity index (χ0) is 13.5. The molecule has 110 valence electrons. The second kappa shape index (κ2) is 5.34. The molecule has 2 saturated carbocycles. The lowest BCUT2D eigenvalue weighted by molar-refractivity contribution is 0.121. The number of rotatable bonds is 5. The van der Waals surface area contributed by atoms with Crippen molar-refractivity contribution < 1.29 is 5.11 Å². The van der Waals surface area contributed by atoms with Crippen LogP contribution < -0.4 is 5.32 Å². The number of hydrogen-bond donors (Lipinski definition) is 2. The van der Waals surface area contributed by atoms with Crippen LogP contribution in [0.25, 0.3) is 0 Å². The summed E-state index contributed by atoms with van der Waals surface area (Å²) in [4.78, 5) is 2.76. The van der Waals surface area contributed by atoms with Crippen LogP contribution in [0.1, 0.15) is 58.8 Å². The van der Waals surface area contributed by atoms with Gasteiger partial charge in [0.05, 0.1) is 6.61 Å². The third-order valence-corrected chi connectivity index (χ3v) is 5.55. The Hall–Kier alpha value is -0.120. The van der Waals surface area contributed by atoms with Crippen LogP contribution in [0.3, 0.4) is 0 Å². The zero-order valence-corrected chi connectivity index (χ0v) is 12.6. The Bertz CT molecular complexity index is 316. The zero-order valence-electron chi connectivity index (χ0n) is 12.6. The molecular weight excluding hydrogens is 236 g/mol. The maximum atomic E-state index is 9.85. The first kappa shape index (κ1) is 13.8. The molecule has 0 bridgehead atoms. The first-order valence-corrected chi connectivity index (χ1v) is 8.28. The molecule has 2 aliphatic carbocycles. The molecule has 19 heavy (non-hydrogen) atoms. The van der Waals surface area contributed by atoms with Crippen LogP contribution >= 0.6 is 0 Å². The van der Waals surface area contributed by atoms with Gasteiger partial charge in [-0.05, 0) is 57.4 Å². The van der Waals surface area contributed by atoms with Gasteiger partial charge in [-0.15, -0.1) is 0 Å². The van der Waals surface area contributed by atoms with Crippen molar-refractivity contribution in [2.75, 3.05) is 13.2 Å². The number of nitrogens with one attached hydrogen (secondary N) is 1. The van der Waals surface area contributed by atoms with Gasteiger partial charge in [0.25, 0.3) is 0 Å². The lowest BCUT2D eigenvalue weighted by Gasteiger charge is -2.35. The Balaban J connectivity index is 1.63. The largest absolute Gasteiger partial charge is 0.394 e. The highest BCUT2D eigenvalue weighted by Gasteiger charge is 2.45. The van der Waals surface area contributed by atoms with E-state index < -0.39 is 0 Å². The lowest BCUT2D eigenvalue weighted by Crippen LogP contribution is -2.49. The van der Waals surface area contributed by atoms with Crippen LogP contribution in [0.4, 0.5) is 0 Å². The van der Waals surface area contributed by atoms with Gasteiger partial charge in [0.1, 0.15) is 0 Å². The van der Waals surface area contributed by atoms with E-state index in [9.17, 15) is 5.11 Å². The van der Waals surface area contributed by atoms with E-state index in [1.54, 1.807) is 0 Å². The van der Waals surface area contributed by atoms with Crippen molar-refractivity contribution in [3.05, 3.63) is 0 Å². The number of aliphatic hydroxyl groups is 1. The number of likely N-dealkylation sites (tertiary alicyclic amines) is 1. The molecule has 1 saturated heterocycles. The molecule has 3 heteroatoms. The predicted octanol–water partition coefficient (Wildman–Crippen LogP) is 2.14. The molecule has 0 aromatic heterocycles. The highest BCUT2D eigenvalue weighted by Crippen LogP contribution is 2.39. The number of aliphatic hydroxyl groups excluding tert-OH is 1. The number of hydrogen-bond acceptors (Lipinski definition) is 3. The summed E-state index contributed by atoms with van der Waals surface area (Å²) in [6, 6.07) is 2.18. The molecule has 0 spiro atoms. The summed E-state index contributed by atoms with van der Waals surface area (Å²) in [6.45, 7) is 6.32. The molecule has 3 atom stereocenters. The highest BCUT2D eigenvalue weighted by atomic mass is 16.3. The van der Waals surface area contributed by atoms with E-state index in [4.69, 9.17) is 0 Å². The van der Waals surface area contributed by atoms with Crippen molar-refractivity contribution in [2.24, 2.45) is 5.92 Å². The maximum absolute atomic E-state index is 9.85. The van der Waals surface area contributed by atoms with Gasteiger partial charge in [0.2, 0.25) is 0 Å². The minimum absolute atomic E-state index is 0.0377. The SMILES string of the molecule is CC(C)C1CCCN1C1CCC(CO)(NC2CC2)C1. The van der Waals surface area contributed by atoms with Gasteiger partial charge in [0, 0.05) is 23.7 Å². The average molecular weight is 266 g/mol. The average Bonchev–Trinajstić information content (AvgIpc) is 2.93. The normalized spacial score (nSPS) is 40.4. The quantitative estimate of drug-likeness (QED) is 0.800. The molecule has 3 rings (SSSR count). The Morgan fingerprint density at radius 2 is 2.05 bits per heavy atom. The molecule has 0 radical (unpaired) electrons. The van der Waals surface area contributed by atoms with Gasteiger partial charge in [-0.1, -0.05) is 13.8 Å². The van der Waals surface area contributed by atoms with Crippen molar-refractivity contribution in [1.82, 2.24) is 10.2 Å². The second-order valence-electron chi connectivity index (χ2n) is 7.45. The molecule has 3 unspecified atom stereocenters. The van der Waals surface area contributed by atoms with E-state index in [-0.39, 0.29) is 5.54 Å². The van der Waals surface area contributed by atoms with Crippen LogP contribution in [0, 0.1) is 5.92 Å². The van der Waals surface area contributed by atoms with E-state index in [0.29, 0.717) is 18.7 Å². The Kier molecular flexibility index (Phi) is 3.89. The van der Waals surface area contributed by atoms with Crippen molar-refractivity contribution in [3.63, 3.8) is 0 Å². The Morgan fingerprint density at radius 1 is 1.26 bits per heavy atom. The fourth-order valence-corrected chi connectivity index (χ4v) is 4.35. The van der Waals surface area contributed by atoms with Gasteiger partial charge < -0.3 is 10.4 Å². The van der Waals surface area contributed by atoms with Gasteiger partial charge in [-0.25, -0.2) is 0 Å². The highest BCUT2D eigenvalue weighted by molar-refractivity contribution is 5.04. The fourth-order valence-electron chi connectivity index (χ4n) is 4.35. The molecule has 3 fully saturated rings. The molecule has 2 N–H and O–H groups in total. The van der Waals surface area contributed by atoms with E-state index in [1.165, 1.54) is 38.6 Å². The smallest absolute Gasteiger partial charge is 0.0614 e. The third kappa shape index (κ3) is 2.84. The van der Waals surface area contributed by atoms with Gasteiger partial charge in [-0.3, -0.25) is 4.90 Å². The topological polar surface area (TPSA) is 35.5 Å². The summed E-state index contributed by atoms with van der Waals surface area (Å²) in [5.41, 5.74) is 0.0377. The molecular formula is C16H30N2O. The van der Waals surface area contributed by atoms with E-state index in [0.717, 1.165) is 24.8 Å². The van der Waals surface area contributed by atoms with Crippen LogP contribution in [0.2, 0.25) is 0 Å². The third-order valence-electron chi connectivity index (χ3n) is 5.55. The monoisotopic (exact) mass is 266 g/mol. The van der Waals surface area contributed by atoms with Gasteiger partial charge >= 0.3 is 0 Å². The summed E-state index contributed by atoms with van der Waals surface area (Å²) in [5.74, 6) is 0.767. The summed E-state index contributed by atoms with van der Waals surface area (Å²) < 4.78 is 0. The lowest BCUT2D eigenvalue weighted by atomic mass is 9.97. The first-order valence-electron chi connectivity index (χ1n) is 8.28. The van der Waals surface area contributed by atoms with Crippen LogP contribution in [0.5, 0.6) is 0 Å².